The van der Waals surface area contributed by atoms with Gasteiger partial charge in [0.2, 0.25) is 5.91 Å². The van der Waals surface area contributed by atoms with Crippen molar-refractivity contribution in [3.63, 3.8) is 0 Å². The highest BCUT2D eigenvalue weighted by Crippen LogP contribution is 2.19. The molecule has 0 spiro atoms. The first-order valence-electron chi connectivity index (χ1n) is 7.46. The molecule has 0 saturated carbocycles. The second kappa shape index (κ2) is 6.19. The van der Waals surface area contributed by atoms with E-state index in [1.54, 1.807) is 6.20 Å². The summed E-state index contributed by atoms with van der Waals surface area (Å²) in [6.45, 7) is 0.804. The van der Waals surface area contributed by atoms with E-state index >= 15 is 0 Å². The number of carboxylic acids is 1. The van der Waals surface area contributed by atoms with Gasteiger partial charge >= 0.3 is 5.97 Å². The van der Waals surface area contributed by atoms with E-state index in [1.807, 2.05) is 24.3 Å². The number of fused-ring (bicyclic) bond motifs is 1. The smallest absolute Gasteiger partial charge is 0.326 e. The van der Waals surface area contributed by atoms with Crippen molar-refractivity contribution in [3.05, 3.63) is 36.0 Å². The van der Waals surface area contributed by atoms with Crippen LogP contribution in [0.2, 0.25) is 0 Å². The maximum atomic E-state index is 12.1. The standard InChI is InChI=1S/C16H19N3O3/c20-15(13-6-3-7-17-13)19-14(16(21)22)8-10-9-18-12-5-2-1-4-11(10)12/h1-2,4-5,9,13-14,17-18H,3,6-8H2,(H,19,20)(H,21,22)/t13-,14-/m0/s1. The summed E-state index contributed by atoms with van der Waals surface area (Å²) in [4.78, 5) is 26.7. The number of benzene rings is 1. The summed E-state index contributed by atoms with van der Waals surface area (Å²) in [7, 11) is 0. The Balaban J connectivity index is 1.74. The van der Waals surface area contributed by atoms with Crippen molar-refractivity contribution in [1.29, 1.82) is 0 Å². The van der Waals surface area contributed by atoms with Gasteiger partial charge in [-0.25, -0.2) is 4.79 Å². The molecule has 116 valence electrons. The fourth-order valence-electron chi connectivity index (χ4n) is 2.90. The van der Waals surface area contributed by atoms with Gasteiger partial charge < -0.3 is 20.7 Å². The van der Waals surface area contributed by atoms with Crippen LogP contribution in [0.3, 0.4) is 0 Å². The summed E-state index contributed by atoms with van der Waals surface area (Å²) in [6, 6.07) is 6.52. The summed E-state index contributed by atoms with van der Waals surface area (Å²) in [5.41, 5.74) is 1.85. The van der Waals surface area contributed by atoms with E-state index in [-0.39, 0.29) is 18.4 Å². The number of aliphatic carboxylic acids is 1. The zero-order valence-corrected chi connectivity index (χ0v) is 12.1. The number of aromatic amines is 1. The third kappa shape index (κ3) is 2.96. The summed E-state index contributed by atoms with van der Waals surface area (Å²) < 4.78 is 0. The fourth-order valence-corrected chi connectivity index (χ4v) is 2.90. The van der Waals surface area contributed by atoms with Crippen molar-refractivity contribution in [2.75, 3.05) is 6.54 Å². The molecule has 3 rings (SSSR count). The number of para-hydroxylation sites is 1. The highest BCUT2D eigenvalue weighted by Gasteiger charge is 2.27. The molecule has 1 aliphatic heterocycles. The van der Waals surface area contributed by atoms with Gasteiger partial charge in [0, 0.05) is 23.5 Å². The summed E-state index contributed by atoms with van der Waals surface area (Å²) in [5, 5.41) is 16.1. The monoisotopic (exact) mass is 301 g/mol. The lowest BCUT2D eigenvalue weighted by Crippen LogP contribution is -2.49. The number of hydrogen-bond acceptors (Lipinski definition) is 3. The van der Waals surface area contributed by atoms with Crippen LogP contribution in [0.25, 0.3) is 10.9 Å². The predicted molar refractivity (Wildman–Crippen MR) is 82.6 cm³/mol. The third-order valence-corrected chi connectivity index (χ3v) is 4.09. The Morgan fingerprint density at radius 2 is 2.18 bits per heavy atom. The molecule has 6 heteroatoms. The highest BCUT2D eigenvalue weighted by molar-refractivity contribution is 5.88. The van der Waals surface area contributed by atoms with Crippen LogP contribution in [0.1, 0.15) is 18.4 Å². The van der Waals surface area contributed by atoms with Gasteiger partial charge in [-0.05, 0) is 31.0 Å². The zero-order chi connectivity index (χ0) is 15.5. The number of rotatable bonds is 5. The molecule has 1 aromatic carbocycles. The van der Waals surface area contributed by atoms with Gasteiger partial charge in [-0.3, -0.25) is 4.79 Å². The van der Waals surface area contributed by atoms with E-state index in [2.05, 4.69) is 15.6 Å². The molecule has 1 aromatic heterocycles. The topological polar surface area (TPSA) is 94.2 Å². The lowest BCUT2D eigenvalue weighted by molar-refractivity contribution is -0.142. The Morgan fingerprint density at radius 1 is 1.36 bits per heavy atom. The Labute approximate surface area is 127 Å². The van der Waals surface area contributed by atoms with Crippen molar-refractivity contribution in [2.24, 2.45) is 0 Å². The van der Waals surface area contributed by atoms with Crippen LogP contribution in [0, 0.1) is 0 Å². The minimum absolute atomic E-state index is 0.232. The number of hydrogen-bond donors (Lipinski definition) is 4. The molecule has 0 bridgehead atoms. The maximum absolute atomic E-state index is 12.1. The Morgan fingerprint density at radius 3 is 2.91 bits per heavy atom. The van der Waals surface area contributed by atoms with Crippen LogP contribution < -0.4 is 10.6 Å². The molecule has 6 nitrogen and oxygen atoms in total. The second-order valence-electron chi connectivity index (χ2n) is 5.61. The van der Waals surface area contributed by atoms with Gasteiger partial charge in [0.25, 0.3) is 0 Å². The van der Waals surface area contributed by atoms with E-state index in [9.17, 15) is 14.7 Å². The summed E-state index contributed by atoms with van der Waals surface area (Å²) in [6.07, 6.45) is 3.77. The van der Waals surface area contributed by atoms with E-state index < -0.39 is 12.0 Å². The molecule has 0 unspecified atom stereocenters. The van der Waals surface area contributed by atoms with Crippen molar-refractivity contribution >= 4 is 22.8 Å². The first-order valence-corrected chi connectivity index (χ1v) is 7.46. The molecule has 2 aromatic rings. The molecule has 4 N–H and O–H groups in total. The molecule has 0 aliphatic carbocycles. The number of amides is 1. The average Bonchev–Trinajstić information content (AvgIpc) is 3.16. The number of H-pyrrole nitrogens is 1. The van der Waals surface area contributed by atoms with Crippen LogP contribution in [-0.2, 0) is 16.0 Å². The minimum Gasteiger partial charge on any atom is -0.480 e. The van der Waals surface area contributed by atoms with Gasteiger partial charge in [-0.15, -0.1) is 0 Å². The van der Waals surface area contributed by atoms with Gasteiger partial charge in [-0.1, -0.05) is 18.2 Å². The largest absolute Gasteiger partial charge is 0.480 e. The third-order valence-electron chi connectivity index (χ3n) is 4.09. The molecule has 2 heterocycles. The van der Waals surface area contributed by atoms with Crippen molar-refractivity contribution in [2.45, 2.75) is 31.3 Å². The van der Waals surface area contributed by atoms with Crippen LogP contribution >= 0.6 is 0 Å². The number of carbonyl (C=O) groups is 2. The van der Waals surface area contributed by atoms with E-state index in [4.69, 9.17) is 0 Å². The van der Waals surface area contributed by atoms with Gasteiger partial charge in [0.1, 0.15) is 6.04 Å². The van der Waals surface area contributed by atoms with Gasteiger partial charge in [-0.2, -0.15) is 0 Å². The molecular formula is C16H19N3O3. The molecule has 2 atom stereocenters. The van der Waals surface area contributed by atoms with Gasteiger partial charge in [0.05, 0.1) is 6.04 Å². The molecule has 22 heavy (non-hydrogen) atoms. The van der Waals surface area contributed by atoms with Crippen LogP contribution in [0.5, 0.6) is 0 Å². The van der Waals surface area contributed by atoms with Crippen LogP contribution in [-0.4, -0.2) is 40.6 Å². The number of aromatic nitrogens is 1. The molecule has 0 radical (unpaired) electrons. The minimum atomic E-state index is -1.02. The normalized spacial score (nSPS) is 19.2. The Bertz CT molecular complexity index is 689. The van der Waals surface area contributed by atoms with E-state index in [1.165, 1.54) is 0 Å². The van der Waals surface area contributed by atoms with Crippen LogP contribution in [0.15, 0.2) is 30.5 Å². The van der Waals surface area contributed by atoms with Crippen molar-refractivity contribution in [1.82, 2.24) is 15.6 Å². The first kappa shape index (κ1) is 14.6. The molecule has 1 amide bonds. The lowest BCUT2D eigenvalue weighted by atomic mass is 10.0. The van der Waals surface area contributed by atoms with Crippen molar-refractivity contribution < 1.29 is 14.7 Å². The molecule has 1 saturated heterocycles. The predicted octanol–water partition coefficient (Wildman–Crippen LogP) is 1.03. The Hall–Kier alpha value is -2.34. The number of nitrogens with one attached hydrogen (secondary N) is 3. The molecule has 1 aliphatic rings. The average molecular weight is 301 g/mol. The number of carbonyl (C=O) groups excluding carboxylic acids is 1. The molecule has 1 fully saturated rings. The van der Waals surface area contributed by atoms with Crippen LogP contribution in [0.4, 0.5) is 0 Å². The second-order valence-corrected chi connectivity index (χ2v) is 5.61. The van der Waals surface area contributed by atoms with Gasteiger partial charge in [0.15, 0.2) is 0 Å². The first-order chi connectivity index (χ1) is 10.6. The summed E-state index contributed by atoms with van der Waals surface area (Å²) in [5.74, 6) is -1.25. The van der Waals surface area contributed by atoms with E-state index in [0.717, 1.165) is 35.9 Å². The highest BCUT2D eigenvalue weighted by atomic mass is 16.4. The number of carboxylic acid groups (broad SMARTS) is 1. The van der Waals surface area contributed by atoms with E-state index in [0.29, 0.717) is 0 Å². The molecular weight excluding hydrogens is 282 g/mol. The lowest BCUT2D eigenvalue weighted by Gasteiger charge is -2.17. The maximum Gasteiger partial charge on any atom is 0.326 e. The fraction of sp³-hybridized carbons (Fsp3) is 0.375. The summed E-state index contributed by atoms with van der Waals surface area (Å²) >= 11 is 0. The van der Waals surface area contributed by atoms with Crippen molar-refractivity contribution in [3.8, 4) is 0 Å². The quantitative estimate of drug-likeness (QED) is 0.663. The SMILES string of the molecule is O=C(O)[C@H](Cc1c[nH]c2ccccc12)NC(=O)[C@@H]1CCCN1. The Kier molecular flexibility index (Phi) is 4.11. The zero-order valence-electron chi connectivity index (χ0n) is 12.1.